The molecule has 1 aromatic heterocycles. The second-order valence-corrected chi connectivity index (χ2v) is 6.71. The van der Waals surface area contributed by atoms with Crippen molar-refractivity contribution < 1.29 is 0 Å². The molecule has 5 nitrogen and oxygen atoms in total. The minimum Gasteiger partial charge on any atom is -0.352 e. The van der Waals surface area contributed by atoms with Gasteiger partial charge in [0.2, 0.25) is 0 Å². The Bertz CT molecular complexity index is 731. The molecule has 128 valence electrons. The molecule has 1 aliphatic rings. The third-order valence-electron chi connectivity index (χ3n) is 4.83. The number of aryl methyl sites for hydroxylation is 3. The Hall–Kier alpha value is -2.30. The number of nitrogens with zero attached hydrogens (tertiary/aromatic N) is 4. The first-order valence-corrected chi connectivity index (χ1v) is 8.57. The van der Waals surface area contributed by atoms with Crippen LogP contribution in [0.15, 0.2) is 35.6 Å². The molecule has 0 bridgehead atoms. The molecule has 2 heterocycles. The summed E-state index contributed by atoms with van der Waals surface area (Å²) < 4.78 is 1.88. The van der Waals surface area contributed by atoms with Gasteiger partial charge in [0.1, 0.15) is 0 Å². The molecule has 0 spiro atoms. The van der Waals surface area contributed by atoms with Crippen molar-refractivity contribution in [2.75, 3.05) is 20.1 Å². The van der Waals surface area contributed by atoms with E-state index in [1.165, 1.54) is 22.3 Å². The van der Waals surface area contributed by atoms with Gasteiger partial charge in [-0.05, 0) is 37.0 Å². The van der Waals surface area contributed by atoms with Gasteiger partial charge in [-0.1, -0.05) is 23.8 Å². The van der Waals surface area contributed by atoms with Crippen LogP contribution in [0, 0.1) is 13.8 Å². The van der Waals surface area contributed by atoms with Gasteiger partial charge in [-0.25, -0.2) is 0 Å². The van der Waals surface area contributed by atoms with Gasteiger partial charge in [0.05, 0.1) is 6.20 Å². The number of likely N-dealkylation sites (tertiary alicyclic amines) is 1. The first-order valence-electron chi connectivity index (χ1n) is 8.57. The van der Waals surface area contributed by atoms with E-state index in [2.05, 4.69) is 58.6 Å². The highest BCUT2D eigenvalue weighted by Crippen LogP contribution is 2.26. The molecule has 0 amide bonds. The summed E-state index contributed by atoms with van der Waals surface area (Å²) in [5.41, 5.74) is 5.28. The Labute approximate surface area is 144 Å². The molecule has 0 radical (unpaired) electrons. The van der Waals surface area contributed by atoms with Gasteiger partial charge in [0.15, 0.2) is 5.96 Å². The molecule has 1 saturated heterocycles. The van der Waals surface area contributed by atoms with Gasteiger partial charge in [-0.15, -0.1) is 0 Å². The molecular formula is C19H27N5. The van der Waals surface area contributed by atoms with E-state index >= 15 is 0 Å². The van der Waals surface area contributed by atoms with Crippen molar-refractivity contribution in [1.29, 1.82) is 0 Å². The number of benzene rings is 1. The third kappa shape index (κ3) is 3.61. The van der Waals surface area contributed by atoms with E-state index in [0.717, 1.165) is 32.0 Å². The highest BCUT2D eigenvalue weighted by atomic mass is 15.3. The van der Waals surface area contributed by atoms with Crippen LogP contribution in [0.25, 0.3) is 0 Å². The minimum atomic E-state index is 0.540. The van der Waals surface area contributed by atoms with E-state index in [1.807, 2.05) is 25.0 Å². The second-order valence-electron chi connectivity index (χ2n) is 6.71. The first-order chi connectivity index (χ1) is 11.6. The number of nitrogens with one attached hydrogen (secondary N) is 1. The topological polar surface area (TPSA) is 45.5 Å². The number of hydrogen-bond donors (Lipinski definition) is 1. The lowest BCUT2D eigenvalue weighted by Crippen LogP contribution is -2.39. The maximum absolute atomic E-state index is 4.48. The van der Waals surface area contributed by atoms with Gasteiger partial charge in [-0.3, -0.25) is 9.67 Å². The minimum absolute atomic E-state index is 0.540. The molecule has 1 unspecified atom stereocenters. The zero-order valence-electron chi connectivity index (χ0n) is 15.1. The third-order valence-corrected chi connectivity index (χ3v) is 4.83. The average Bonchev–Trinajstić information content (AvgIpc) is 3.19. The molecule has 1 atom stereocenters. The lowest BCUT2D eigenvalue weighted by atomic mass is 10.0. The van der Waals surface area contributed by atoms with Crippen LogP contribution in [0.3, 0.4) is 0 Å². The van der Waals surface area contributed by atoms with Crippen LogP contribution in [-0.2, 0) is 13.6 Å². The summed E-state index contributed by atoms with van der Waals surface area (Å²) in [7, 11) is 3.84. The lowest BCUT2D eigenvalue weighted by Gasteiger charge is -2.22. The average molecular weight is 325 g/mol. The largest absolute Gasteiger partial charge is 0.352 e. The normalized spacial score (nSPS) is 18.2. The first kappa shape index (κ1) is 16.6. The van der Waals surface area contributed by atoms with E-state index in [9.17, 15) is 0 Å². The maximum atomic E-state index is 4.48. The van der Waals surface area contributed by atoms with Gasteiger partial charge in [-0.2, -0.15) is 5.10 Å². The van der Waals surface area contributed by atoms with E-state index < -0.39 is 0 Å². The van der Waals surface area contributed by atoms with E-state index in [1.54, 1.807) is 0 Å². The molecule has 5 heteroatoms. The smallest absolute Gasteiger partial charge is 0.193 e. The summed E-state index contributed by atoms with van der Waals surface area (Å²) in [6.45, 7) is 7.14. The lowest BCUT2D eigenvalue weighted by molar-refractivity contribution is 0.485. The summed E-state index contributed by atoms with van der Waals surface area (Å²) in [6, 6.07) is 6.60. The second kappa shape index (κ2) is 7.07. The highest BCUT2D eigenvalue weighted by Gasteiger charge is 2.26. The molecule has 1 fully saturated rings. The fourth-order valence-electron chi connectivity index (χ4n) is 3.43. The summed E-state index contributed by atoms with van der Waals surface area (Å²) >= 11 is 0. The molecule has 3 rings (SSSR count). The van der Waals surface area contributed by atoms with Crippen LogP contribution < -0.4 is 5.32 Å². The molecule has 1 aliphatic heterocycles. The predicted molar refractivity (Wildman–Crippen MR) is 98.3 cm³/mol. The van der Waals surface area contributed by atoms with Crippen molar-refractivity contribution >= 4 is 5.96 Å². The number of hydrogen-bond acceptors (Lipinski definition) is 2. The molecule has 0 aliphatic carbocycles. The van der Waals surface area contributed by atoms with Gasteiger partial charge < -0.3 is 10.2 Å². The molecule has 2 aromatic rings. The van der Waals surface area contributed by atoms with E-state index in [4.69, 9.17) is 0 Å². The number of aromatic nitrogens is 2. The monoisotopic (exact) mass is 325 g/mol. The summed E-state index contributed by atoms with van der Waals surface area (Å²) in [5, 5.41) is 7.82. The maximum Gasteiger partial charge on any atom is 0.193 e. The van der Waals surface area contributed by atoms with Crippen LogP contribution in [0.2, 0.25) is 0 Å². The van der Waals surface area contributed by atoms with Gasteiger partial charge >= 0.3 is 0 Å². The van der Waals surface area contributed by atoms with Crippen molar-refractivity contribution in [2.24, 2.45) is 12.0 Å². The summed E-state index contributed by atoms with van der Waals surface area (Å²) in [6.07, 6.45) is 5.26. The van der Waals surface area contributed by atoms with E-state index in [0.29, 0.717) is 5.92 Å². The fourth-order valence-corrected chi connectivity index (χ4v) is 3.43. The highest BCUT2D eigenvalue weighted by molar-refractivity contribution is 5.80. The van der Waals surface area contributed by atoms with Crippen molar-refractivity contribution in [3.63, 3.8) is 0 Å². The molecule has 0 saturated carbocycles. The van der Waals surface area contributed by atoms with Gasteiger partial charge in [0, 0.05) is 45.8 Å². The Morgan fingerprint density at radius 1 is 1.38 bits per heavy atom. The molecule has 1 N–H and O–H groups in total. The van der Waals surface area contributed by atoms with Gasteiger partial charge in [0.25, 0.3) is 0 Å². The quantitative estimate of drug-likeness (QED) is 0.697. The van der Waals surface area contributed by atoms with Crippen LogP contribution in [0.1, 0.15) is 34.6 Å². The standard InChI is InChI=1S/C19H27N5/c1-14-5-6-16(15(2)9-14)10-21-19(20-3)24-8-7-17(13-24)18-11-22-23(4)12-18/h5-6,9,11-12,17H,7-8,10,13H2,1-4H3,(H,20,21). The van der Waals surface area contributed by atoms with Crippen molar-refractivity contribution in [3.05, 3.63) is 52.8 Å². The Balaban J connectivity index is 1.61. The van der Waals surface area contributed by atoms with Crippen LogP contribution in [-0.4, -0.2) is 40.8 Å². The number of guanidine groups is 1. The summed E-state index contributed by atoms with van der Waals surface area (Å²) in [5.74, 6) is 1.53. The van der Waals surface area contributed by atoms with Crippen LogP contribution in [0.5, 0.6) is 0 Å². The molecule has 24 heavy (non-hydrogen) atoms. The SMILES string of the molecule is CN=C(NCc1ccc(C)cc1C)N1CCC(c2cnn(C)c2)C1. The zero-order chi connectivity index (χ0) is 17.1. The number of aliphatic imine (C=N–C) groups is 1. The Morgan fingerprint density at radius 2 is 2.21 bits per heavy atom. The van der Waals surface area contributed by atoms with E-state index in [-0.39, 0.29) is 0 Å². The number of rotatable bonds is 3. The van der Waals surface area contributed by atoms with Crippen molar-refractivity contribution in [2.45, 2.75) is 32.7 Å². The Morgan fingerprint density at radius 3 is 2.88 bits per heavy atom. The van der Waals surface area contributed by atoms with Crippen LogP contribution >= 0.6 is 0 Å². The fraction of sp³-hybridized carbons (Fsp3) is 0.474. The summed E-state index contributed by atoms with van der Waals surface area (Å²) in [4.78, 5) is 6.82. The molecule has 1 aromatic carbocycles. The van der Waals surface area contributed by atoms with Crippen LogP contribution in [0.4, 0.5) is 0 Å². The van der Waals surface area contributed by atoms with Crippen molar-refractivity contribution in [3.8, 4) is 0 Å². The Kier molecular flexibility index (Phi) is 4.88. The zero-order valence-corrected chi connectivity index (χ0v) is 15.1. The predicted octanol–water partition coefficient (Wildman–Crippen LogP) is 2.60. The van der Waals surface area contributed by atoms with Crippen molar-refractivity contribution in [1.82, 2.24) is 20.0 Å². The molecular weight excluding hydrogens is 298 g/mol.